The minimum absolute atomic E-state index is 0.208. The van der Waals surface area contributed by atoms with Crippen LogP contribution in [0.4, 0.5) is 0 Å². The summed E-state index contributed by atoms with van der Waals surface area (Å²) in [5.41, 5.74) is 3.72. The van der Waals surface area contributed by atoms with Crippen LogP contribution in [0.1, 0.15) is 56.1 Å². The predicted molar refractivity (Wildman–Crippen MR) is 118 cm³/mol. The third kappa shape index (κ3) is 4.55. The number of aromatic amines is 1. The predicted octanol–water partition coefficient (Wildman–Crippen LogP) is 4.40. The zero-order chi connectivity index (χ0) is 21.1. The summed E-state index contributed by atoms with van der Waals surface area (Å²) in [4.78, 5) is 17.9. The van der Waals surface area contributed by atoms with E-state index in [9.17, 15) is 4.79 Å². The maximum atomic E-state index is 12.2. The second kappa shape index (κ2) is 9.23. The summed E-state index contributed by atoms with van der Waals surface area (Å²) in [6.07, 6.45) is 5.26. The molecule has 0 saturated carbocycles. The van der Waals surface area contributed by atoms with Gasteiger partial charge in [-0.3, -0.25) is 0 Å². The van der Waals surface area contributed by atoms with Crippen molar-refractivity contribution in [1.82, 2.24) is 9.88 Å². The number of fused-ring (bicyclic) bond motifs is 1. The Bertz CT molecular complexity index is 923. The molecular formula is C24H32N2O4. The van der Waals surface area contributed by atoms with E-state index in [0.717, 1.165) is 61.2 Å². The van der Waals surface area contributed by atoms with Crippen LogP contribution in [0.3, 0.4) is 0 Å². The van der Waals surface area contributed by atoms with Crippen molar-refractivity contribution in [2.75, 3.05) is 32.9 Å². The smallest absolute Gasteiger partial charge is 0.354 e. The van der Waals surface area contributed by atoms with Gasteiger partial charge in [0, 0.05) is 35.6 Å². The number of hydrogen-bond donors (Lipinski definition) is 1. The summed E-state index contributed by atoms with van der Waals surface area (Å²) in [6.45, 7) is 10.1. The Hall–Kier alpha value is -2.31. The molecule has 30 heavy (non-hydrogen) atoms. The highest BCUT2D eigenvalue weighted by Gasteiger charge is 2.24. The molecule has 4 rings (SSSR count). The number of H-pyrrole nitrogens is 1. The number of nitrogens with zero attached hydrogens (tertiary/aromatic N) is 1. The molecule has 6 nitrogen and oxygen atoms in total. The number of esters is 1. The Morgan fingerprint density at radius 2 is 2.07 bits per heavy atom. The minimum Gasteiger partial charge on any atom is -0.490 e. The van der Waals surface area contributed by atoms with Crippen LogP contribution < -0.4 is 4.74 Å². The Balaban J connectivity index is 1.63. The number of benzene rings is 1. The highest BCUT2D eigenvalue weighted by atomic mass is 16.5. The first kappa shape index (κ1) is 20.9. The van der Waals surface area contributed by atoms with Gasteiger partial charge in [0.05, 0.1) is 19.8 Å². The van der Waals surface area contributed by atoms with Gasteiger partial charge >= 0.3 is 5.97 Å². The molecule has 1 aromatic carbocycles. The summed E-state index contributed by atoms with van der Waals surface area (Å²) in [5.74, 6) is 0.567. The van der Waals surface area contributed by atoms with Crippen LogP contribution in [0.25, 0.3) is 16.5 Å². The number of piperidine rings is 1. The first-order chi connectivity index (χ1) is 14.5. The number of likely N-dealkylation sites (tertiary alicyclic amines) is 1. The Labute approximate surface area is 178 Å². The van der Waals surface area contributed by atoms with Gasteiger partial charge in [0.25, 0.3) is 0 Å². The minimum atomic E-state index is -0.330. The highest BCUT2D eigenvalue weighted by Crippen LogP contribution is 2.35. The van der Waals surface area contributed by atoms with Gasteiger partial charge in [-0.1, -0.05) is 6.08 Å². The lowest BCUT2D eigenvalue weighted by atomic mass is 9.98. The molecule has 0 amide bonds. The maximum Gasteiger partial charge on any atom is 0.354 e. The number of aromatic nitrogens is 1. The Morgan fingerprint density at radius 1 is 1.27 bits per heavy atom. The van der Waals surface area contributed by atoms with Crippen LogP contribution in [0.5, 0.6) is 5.75 Å². The van der Waals surface area contributed by atoms with Crippen LogP contribution in [0, 0.1) is 0 Å². The molecule has 0 unspecified atom stereocenters. The molecule has 0 aliphatic carbocycles. The largest absolute Gasteiger partial charge is 0.490 e. The van der Waals surface area contributed by atoms with Gasteiger partial charge in [0.2, 0.25) is 0 Å². The number of carbonyl (C=O) groups excluding carboxylic acids is 1. The van der Waals surface area contributed by atoms with Crippen molar-refractivity contribution in [2.45, 2.75) is 52.2 Å². The normalized spacial score (nSPS) is 18.6. The fraction of sp³-hybridized carbons (Fsp3) is 0.542. The number of hydrogen-bond acceptors (Lipinski definition) is 5. The van der Waals surface area contributed by atoms with E-state index in [1.807, 2.05) is 13.0 Å². The van der Waals surface area contributed by atoms with Crippen molar-refractivity contribution in [3.8, 4) is 5.75 Å². The molecule has 0 radical (unpaired) electrons. The quantitative estimate of drug-likeness (QED) is 0.713. The standard InChI is InChI=1S/C24H32N2O4/c1-4-29-24(27)22-13-18-14-23(30-19-5-9-26(10-6-19)16(2)3)20(15-21(18)25-22)17-7-11-28-12-8-17/h7,13-16,19,25H,4-6,8-12H2,1-3H3. The number of ether oxygens (including phenoxy) is 3. The highest BCUT2D eigenvalue weighted by molar-refractivity contribution is 5.96. The third-order valence-corrected chi connectivity index (χ3v) is 6.03. The molecule has 2 aliphatic heterocycles. The first-order valence-corrected chi connectivity index (χ1v) is 11.1. The Morgan fingerprint density at radius 3 is 2.73 bits per heavy atom. The van der Waals surface area contributed by atoms with Crippen LogP contribution >= 0.6 is 0 Å². The van der Waals surface area contributed by atoms with E-state index in [1.165, 1.54) is 5.57 Å². The van der Waals surface area contributed by atoms with Crippen molar-refractivity contribution in [3.63, 3.8) is 0 Å². The number of carbonyl (C=O) groups is 1. The van der Waals surface area contributed by atoms with E-state index in [-0.39, 0.29) is 12.1 Å². The monoisotopic (exact) mass is 412 g/mol. The first-order valence-electron chi connectivity index (χ1n) is 11.1. The lowest BCUT2D eigenvalue weighted by Gasteiger charge is -2.35. The summed E-state index contributed by atoms with van der Waals surface area (Å²) < 4.78 is 17.2. The zero-order valence-electron chi connectivity index (χ0n) is 18.2. The molecule has 1 aromatic heterocycles. The average Bonchev–Trinajstić information content (AvgIpc) is 3.17. The maximum absolute atomic E-state index is 12.2. The van der Waals surface area contributed by atoms with Crippen molar-refractivity contribution >= 4 is 22.4 Å². The van der Waals surface area contributed by atoms with Gasteiger partial charge in [-0.05, 0) is 63.8 Å². The van der Waals surface area contributed by atoms with Crippen LogP contribution in [-0.2, 0) is 9.47 Å². The van der Waals surface area contributed by atoms with Crippen molar-refractivity contribution in [3.05, 3.63) is 35.5 Å². The van der Waals surface area contributed by atoms with Crippen molar-refractivity contribution in [1.29, 1.82) is 0 Å². The molecular weight excluding hydrogens is 380 g/mol. The summed E-state index contributed by atoms with van der Waals surface area (Å²) in [5, 5.41) is 0.962. The van der Waals surface area contributed by atoms with Gasteiger partial charge in [0.15, 0.2) is 0 Å². The topological polar surface area (TPSA) is 63.8 Å². The molecule has 0 bridgehead atoms. The van der Waals surface area contributed by atoms with Gasteiger partial charge in [-0.2, -0.15) is 0 Å². The molecule has 1 fully saturated rings. The van der Waals surface area contributed by atoms with Crippen LogP contribution in [0.15, 0.2) is 24.3 Å². The van der Waals surface area contributed by atoms with E-state index in [1.54, 1.807) is 0 Å². The van der Waals surface area contributed by atoms with E-state index >= 15 is 0 Å². The van der Waals surface area contributed by atoms with Gasteiger partial charge in [0.1, 0.15) is 17.5 Å². The molecule has 0 spiro atoms. The van der Waals surface area contributed by atoms with Gasteiger partial charge in [-0.25, -0.2) is 4.79 Å². The summed E-state index contributed by atoms with van der Waals surface area (Å²) >= 11 is 0. The molecule has 162 valence electrons. The lowest BCUT2D eigenvalue weighted by Crippen LogP contribution is -2.41. The van der Waals surface area contributed by atoms with Crippen molar-refractivity contribution < 1.29 is 19.0 Å². The van der Waals surface area contributed by atoms with E-state index in [2.05, 4.69) is 41.9 Å². The van der Waals surface area contributed by atoms with Crippen LogP contribution in [-0.4, -0.2) is 60.9 Å². The fourth-order valence-electron chi connectivity index (χ4n) is 4.29. The van der Waals surface area contributed by atoms with E-state index in [0.29, 0.717) is 24.9 Å². The molecule has 0 atom stereocenters. The number of nitrogens with one attached hydrogen (secondary N) is 1. The molecule has 3 heterocycles. The molecule has 2 aliphatic rings. The number of rotatable bonds is 6. The molecule has 1 saturated heterocycles. The Kier molecular flexibility index (Phi) is 6.44. The molecule has 1 N–H and O–H groups in total. The van der Waals surface area contributed by atoms with Gasteiger partial charge < -0.3 is 24.1 Å². The SMILES string of the molecule is CCOC(=O)c1cc2cc(OC3CCN(C(C)C)CC3)c(C3=CCOCC3)cc2[nH]1. The zero-order valence-corrected chi connectivity index (χ0v) is 18.2. The van der Waals surface area contributed by atoms with Crippen molar-refractivity contribution in [2.24, 2.45) is 0 Å². The second-order valence-corrected chi connectivity index (χ2v) is 8.34. The third-order valence-electron chi connectivity index (χ3n) is 6.03. The molecule has 2 aromatic rings. The second-order valence-electron chi connectivity index (χ2n) is 8.34. The lowest BCUT2D eigenvalue weighted by molar-refractivity contribution is 0.0520. The van der Waals surface area contributed by atoms with E-state index in [4.69, 9.17) is 14.2 Å². The average molecular weight is 413 g/mol. The summed E-state index contributed by atoms with van der Waals surface area (Å²) in [6, 6.07) is 6.60. The van der Waals surface area contributed by atoms with E-state index < -0.39 is 0 Å². The fourth-order valence-corrected chi connectivity index (χ4v) is 4.29. The van der Waals surface area contributed by atoms with Crippen LogP contribution in [0.2, 0.25) is 0 Å². The summed E-state index contributed by atoms with van der Waals surface area (Å²) in [7, 11) is 0. The van der Waals surface area contributed by atoms with Gasteiger partial charge in [-0.15, -0.1) is 0 Å². The molecule has 6 heteroatoms.